The molecule has 0 spiro atoms. The summed E-state index contributed by atoms with van der Waals surface area (Å²) in [6, 6.07) is 9.92. The number of morpholine rings is 1. The molecule has 1 unspecified atom stereocenters. The molecule has 0 bridgehead atoms. The van der Waals surface area contributed by atoms with Gasteiger partial charge in [-0.25, -0.2) is 4.99 Å². The van der Waals surface area contributed by atoms with E-state index < -0.39 is 0 Å². The number of nitrogens with one attached hydrogen (secondary N) is 2. The van der Waals surface area contributed by atoms with Gasteiger partial charge in [-0.05, 0) is 18.9 Å². The average Bonchev–Trinajstić information content (AvgIpc) is 3.25. The Labute approximate surface area is 190 Å². The number of nitrogens with zero attached hydrogens (tertiary/aromatic N) is 3. The maximum absolute atomic E-state index is 13.3. The van der Waals surface area contributed by atoms with Gasteiger partial charge in [0.1, 0.15) is 5.76 Å². The van der Waals surface area contributed by atoms with Crippen LogP contribution in [0.4, 0.5) is 0 Å². The fourth-order valence-electron chi connectivity index (χ4n) is 3.85. The Morgan fingerprint density at radius 3 is 2.53 bits per heavy atom. The minimum absolute atomic E-state index is 0.114. The van der Waals surface area contributed by atoms with Crippen molar-refractivity contribution in [3.63, 3.8) is 0 Å². The summed E-state index contributed by atoms with van der Waals surface area (Å²) >= 11 is 0. The predicted molar refractivity (Wildman–Crippen MR) is 125 cm³/mol. The molecule has 32 heavy (non-hydrogen) atoms. The second kappa shape index (κ2) is 12.2. The van der Waals surface area contributed by atoms with E-state index in [-0.39, 0.29) is 11.8 Å². The van der Waals surface area contributed by atoms with Crippen molar-refractivity contribution < 1.29 is 14.1 Å². The molecule has 174 valence electrons. The molecule has 2 aromatic rings. The van der Waals surface area contributed by atoms with Crippen molar-refractivity contribution in [2.24, 2.45) is 4.99 Å². The van der Waals surface area contributed by atoms with E-state index in [9.17, 15) is 4.79 Å². The lowest BCUT2D eigenvalue weighted by molar-refractivity contribution is -0.136. The fraction of sp³-hybridized carbons (Fsp3) is 0.542. The van der Waals surface area contributed by atoms with Crippen molar-refractivity contribution in [3.05, 3.63) is 52.9 Å². The smallest absolute Gasteiger partial charge is 0.232 e. The summed E-state index contributed by atoms with van der Waals surface area (Å²) in [6.07, 6.45) is 1.59. The molecule has 1 aromatic carbocycles. The number of benzene rings is 1. The quantitative estimate of drug-likeness (QED) is 0.459. The molecule has 1 fully saturated rings. The van der Waals surface area contributed by atoms with Gasteiger partial charge in [0.05, 0.1) is 31.4 Å². The van der Waals surface area contributed by atoms with Gasteiger partial charge in [-0.15, -0.1) is 0 Å². The molecule has 2 heterocycles. The summed E-state index contributed by atoms with van der Waals surface area (Å²) in [6.45, 7) is 10.2. The maximum atomic E-state index is 13.3. The second-order valence-corrected chi connectivity index (χ2v) is 7.72. The molecule has 8 nitrogen and oxygen atoms in total. The lowest BCUT2D eigenvalue weighted by Crippen LogP contribution is -2.47. The van der Waals surface area contributed by atoms with Crippen LogP contribution in [0.5, 0.6) is 0 Å². The van der Waals surface area contributed by atoms with Crippen LogP contribution in [0.3, 0.4) is 0 Å². The van der Waals surface area contributed by atoms with E-state index in [0.29, 0.717) is 45.4 Å². The van der Waals surface area contributed by atoms with Gasteiger partial charge in [-0.1, -0.05) is 49.3 Å². The highest BCUT2D eigenvalue weighted by Crippen LogP contribution is 2.19. The highest BCUT2D eigenvalue weighted by Gasteiger charge is 2.27. The Hall–Kier alpha value is -2.87. The molecule has 1 atom stereocenters. The first-order valence-corrected chi connectivity index (χ1v) is 11.6. The number of carbonyl (C=O) groups is 1. The first kappa shape index (κ1) is 23.8. The van der Waals surface area contributed by atoms with E-state index in [1.165, 1.54) is 0 Å². The summed E-state index contributed by atoms with van der Waals surface area (Å²) in [5.74, 6) is 1.37. The number of hydrogen-bond donors (Lipinski definition) is 2. The molecule has 3 rings (SSSR count). The summed E-state index contributed by atoms with van der Waals surface area (Å²) < 4.78 is 10.9. The normalized spacial score (nSPS) is 15.5. The van der Waals surface area contributed by atoms with Gasteiger partial charge in [0, 0.05) is 38.2 Å². The molecule has 1 aliphatic rings. The van der Waals surface area contributed by atoms with E-state index in [1.807, 2.05) is 42.2 Å². The van der Waals surface area contributed by atoms with Crippen LogP contribution in [0.1, 0.15) is 49.3 Å². The van der Waals surface area contributed by atoms with Crippen molar-refractivity contribution in [3.8, 4) is 0 Å². The number of amides is 1. The van der Waals surface area contributed by atoms with E-state index >= 15 is 0 Å². The molecular formula is C24H35N5O3. The van der Waals surface area contributed by atoms with Crippen LogP contribution in [0, 0.1) is 0 Å². The Morgan fingerprint density at radius 1 is 1.12 bits per heavy atom. The van der Waals surface area contributed by atoms with E-state index in [4.69, 9.17) is 14.3 Å². The van der Waals surface area contributed by atoms with Gasteiger partial charge < -0.3 is 24.8 Å². The minimum atomic E-state index is -0.300. The van der Waals surface area contributed by atoms with Crippen molar-refractivity contribution >= 4 is 11.9 Å². The van der Waals surface area contributed by atoms with Crippen molar-refractivity contribution in [2.75, 3.05) is 39.4 Å². The zero-order chi connectivity index (χ0) is 22.8. The molecular weight excluding hydrogens is 406 g/mol. The third kappa shape index (κ3) is 6.09. The fourth-order valence-corrected chi connectivity index (χ4v) is 3.85. The van der Waals surface area contributed by atoms with Crippen LogP contribution >= 0.6 is 0 Å². The SMILES string of the molecule is CCNC(=NCc1c(CC)noc1CC)NCC(C(=O)N1CCOCC1)c1ccccc1. The highest BCUT2D eigenvalue weighted by atomic mass is 16.5. The number of aromatic nitrogens is 1. The van der Waals surface area contributed by atoms with Gasteiger partial charge in [0.2, 0.25) is 5.91 Å². The monoisotopic (exact) mass is 441 g/mol. The van der Waals surface area contributed by atoms with Crippen LogP contribution in [-0.2, 0) is 28.9 Å². The van der Waals surface area contributed by atoms with Crippen LogP contribution in [0.15, 0.2) is 39.8 Å². The number of carbonyl (C=O) groups excluding carboxylic acids is 1. The van der Waals surface area contributed by atoms with Gasteiger partial charge in [-0.3, -0.25) is 4.79 Å². The third-order valence-electron chi connectivity index (χ3n) is 5.64. The van der Waals surface area contributed by atoms with Crippen molar-refractivity contribution in [1.82, 2.24) is 20.7 Å². The number of hydrogen-bond acceptors (Lipinski definition) is 5. The Bertz CT molecular complexity index is 854. The third-order valence-corrected chi connectivity index (χ3v) is 5.64. The molecule has 8 heteroatoms. The van der Waals surface area contributed by atoms with E-state index in [1.54, 1.807) is 0 Å². The summed E-state index contributed by atoms with van der Waals surface area (Å²) in [5, 5.41) is 10.8. The standard InChI is InChI=1S/C24H35N5O3/c1-4-21-20(22(5-2)32-28-21)17-27-24(25-6-3)26-16-19(18-10-8-7-9-11-18)23(30)29-12-14-31-15-13-29/h7-11,19H,4-6,12-17H2,1-3H3,(H2,25,26,27). The summed E-state index contributed by atoms with van der Waals surface area (Å²) in [5.41, 5.74) is 3.00. The van der Waals surface area contributed by atoms with E-state index in [0.717, 1.165) is 42.0 Å². The van der Waals surface area contributed by atoms with Gasteiger partial charge in [-0.2, -0.15) is 0 Å². The molecule has 1 amide bonds. The molecule has 1 aromatic heterocycles. The molecule has 0 aliphatic carbocycles. The molecule has 2 N–H and O–H groups in total. The zero-order valence-corrected chi connectivity index (χ0v) is 19.4. The first-order chi connectivity index (χ1) is 15.7. The largest absolute Gasteiger partial charge is 0.378 e. The summed E-state index contributed by atoms with van der Waals surface area (Å²) in [4.78, 5) is 20.0. The molecule has 0 saturated carbocycles. The van der Waals surface area contributed by atoms with Gasteiger partial charge in [0.25, 0.3) is 0 Å². The highest BCUT2D eigenvalue weighted by molar-refractivity contribution is 5.86. The number of rotatable bonds is 9. The first-order valence-electron chi connectivity index (χ1n) is 11.6. The Morgan fingerprint density at radius 2 is 1.88 bits per heavy atom. The van der Waals surface area contributed by atoms with Gasteiger partial charge in [0.15, 0.2) is 5.96 Å². The Kier molecular flexibility index (Phi) is 9.10. The van der Waals surface area contributed by atoms with Crippen LogP contribution in [0.2, 0.25) is 0 Å². The average molecular weight is 442 g/mol. The molecule has 1 saturated heterocycles. The van der Waals surface area contributed by atoms with Crippen LogP contribution in [0.25, 0.3) is 0 Å². The lowest BCUT2D eigenvalue weighted by atomic mass is 9.97. The van der Waals surface area contributed by atoms with Crippen molar-refractivity contribution in [1.29, 1.82) is 0 Å². The molecule has 0 radical (unpaired) electrons. The van der Waals surface area contributed by atoms with Crippen LogP contribution in [-0.4, -0.2) is 61.3 Å². The predicted octanol–water partition coefficient (Wildman–Crippen LogP) is 2.50. The van der Waals surface area contributed by atoms with Gasteiger partial charge >= 0.3 is 0 Å². The van der Waals surface area contributed by atoms with Crippen molar-refractivity contribution in [2.45, 2.75) is 46.1 Å². The lowest BCUT2D eigenvalue weighted by Gasteiger charge is -2.31. The Balaban J connectivity index is 1.75. The zero-order valence-electron chi connectivity index (χ0n) is 19.4. The number of guanidine groups is 1. The second-order valence-electron chi connectivity index (χ2n) is 7.72. The topological polar surface area (TPSA) is 92.0 Å². The minimum Gasteiger partial charge on any atom is -0.378 e. The van der Waals surface area contributed by atoms with E-state index in [2.05, 4.69) is 29.6 Å². The van der Waals surface area contributed by atoms with Crippen LogP contribution < -0.4 is 10.6 Å². The maximum Gasteiger partial charge on any atom is 0.232 e. The summed E-state index contributed by atoms with van der Waals surface area (Å²) in [7, 11) is 0. The number of aliphatic imine (C=N–C) groups is 1. The number of ether oxygens (including phenoxy) is 1. The molecule has 1 aliphatic heterocycles. The number of aryl methyl sites for hydroxylation is 2.